The fourth-order valence-electron chi connectivity index (χ4n) is 4.10. The Balaban J connectivity index is 1.57. The Morgan fingerprint density at radius 2 is 1.62 bits per heavy atom. The Kier molecular flexibility index (Phi) is 8.83. The first kappa shape index (κ1) is 25.9. The Labute approximate surface area is 194 Å². The molecule has 8 heteroatoms. The van der Waals surface area contributed by atoms with Crippen LogP contribution in [0, 0.1) is 11.6 Å². The van der Waals surface area contributed by atoms with Crippen LogP contribution >= 0.6 is 0 Å². The van der Waals surface area contributed by atoms with Gasteiger partial charge in [0.2, 0.25) is 0 Å². The van der Waals surface area contributed by atoms with E-state index in [-0.39, 0.29) is 17.7 Å². The molecule has 34 heavy (non-hydrogen) atoms. The highest BCUT2D eigenvalue weighted by molar-refractivity contribution is 5.34. The largest absolute Gasteiger partial charge is 0.453 e. The molecular weight excluding hydrogens is 458 g/mol. The van der Waals surface area contributed by atoms with E-state index in [0.29, 0.717) is 31.2 Å². The van der Waals surface area contributed by atoms with Crippen LogP contribution in [0.3, 0.4) is 0 Å². The summed E-state index contributed by atoms with van der Waals surface area (Å²) >= 11 is 0. The molecule has 1 saturated carbocycles. The summed E-state index contributed by atoms with van der Waals surface area (Å²) in [5.41, 5.74) is 1.06. The molecule has 0 aliphatic heterocycles. The van der Waals surface area contributed by atoms with Crippen molar-refractivity contribution < 1.29 is 35.8 Å². The Bertz CT molecular complexity index is 981. The van der Waals surface area contributed by atoms with Crippen molar-refractivity contribution in [3.63, 3.8) is 0 Å². The number of rotatable bonds is 9. The van der Waals surface area contributed by atoms with Gasteiger partial charge in [0, 0.05) is 0 Å². The molecule has 0 bridgehead atoms. The zero-order chi connectivity index (χ0) is 24.7. The number of ether oxygens (including phenoxy) is 2. The molecular formula is C26H26F6O2. The monoisotopic (exact) mass is 484 g/mol. The molecule has 0 radical (unpaired) electrons. The van der Waals surface area contributed by atoms with Gasteiger partial charge in [-0.15, -0.1) is 0 Å². The Hall–Kier alpha value is -2.74. The number of halogens is 6. The molecule has 0 amide bonds. The third-order valence-electron chi connectivity index (χ3n) is 5.87. The third-order valence-corrected chi connectivity index (χ3v) is 5.87. The van der Waals surface area contributed by atoms with Gasteiger partial charge in [0.1, 0.15) is 0 Å². The fraction of sp³-hybridized carbons (Fsp3) is 0.385. The van der Waals surface area contributed by atoms with E-state index in [1.54, 1.807) is 12.1 Å². The van der Waals surface area contributed by atoms with Crippen LogP contribution in [0.15, 0.2) is 60.9 Å². The van der Waals surface area contributed by atoms with Crippen molar-refractivity contribution in [2.75, 3.05) is 0 Å². The van der Waals surface area contributed by atoms with Gasteiger partial charge >= 0.3 is 12.2 Å². The second-order valence-electron chi connectivity index (χ2n) is 8.25. The van der Waals surface area contributed by atoms with Crippen molar-refractivity contribution in [2.24, 2.45) is 0 Å². The molecule has 0 aromatic heterocycles. The standard InChI is InChI=1S/C26H26F6O2/c1-2-3-4-5-17-6-10-20(11-7-17)26(31,32)34-21-12-8-18(9-13-21)19-14-22(27)25(23(28)15-19)33-16-24(29)30/h2-3,6-7,10-11,14-16,18,21H,4-5,8-9,12-13H2,1H3. The van der Waals surface area contributed by atoms with E-state index in [1.807, 2.05) is 19.1 Å². The normalized spacial score (nSPS) is 18.8. The first-order chi connectivity index (χ1) is 16.2. The summed E-state index contributed by atoms with van der Waals surface area (Å²) in [7, 11) is 0. The van der Waals surface area contributed by atoms with E-state index in [0.717, 1.165) is 30.5 Å². The highest BCUT2D eigenvalue weighted by Gasteiger charge is 2.37. The maximum absolute atomic E-state index is 14.7. The number of aryl methyl sites for hydroxylation is 1. The summed E-state index contributed by atoms with van der Waals surface area (Å²) in [6.45, 7) is 1.92. The summed E-state index contributed by atoms with van der Waals surface area (Å²) in [5.74, 6) is -3.39. The van der Waals surface area contributed by atoms with Crippen molar-refractivity contribution in [1.82, 2.24) is 0 Å². The second kappa shape index (κ2) is 11.6. The molecule has 2 aromatic carbocycles. The van der Waals surface area contributed by atoms with Gasteiger partial charge in [0.05, 0.1) is 11.7 Å². The minimum absolute atomic E-state index is 0.0404. The van der Waals surface area contributed by atoms with Gasteiger partial charge < -0.3 is 9.47 Å². The summed E-state index contributed by atoms with van der Waals surface area (Å²) in [6, 6.07) is 8.13. The number of hydrogen-bond donors (Lipinski definition) is 0. The maximum atomic E-state index is 14.7. The van der Waals surface area contributed by atoms with Gasteiger partial charge in [-0.3, -0.25) is 0 Å². The van der Waals surface area contributed by atoms with Gasteiger partial charge in [0.15, 0.2) is 23.6 Å². The minimum Gasteiger partial charge on any atom is -0.453 e. The van der Waals surface area contributed by atoms with Crippen molar-refractivity contribution in [2.45, 2.75) is 63.6 Å². The zero-order valence-electron chi connectivity index (χ0n) is 18.7. The molecule has 1 fully saturated rings. The minimum atomic E-state index is -3.45. The van der Waals surface area contributed by atoms with Crippen LogP contribution < -0.4 is 4.74 Å². The molecule has 0 heterocycles. The topological polar surface area (TPSA) is 18.5 Å². The lowest BCUT2D eigenvalue weighted by atomic mass is 9.82. The van der Waals surface area contributed by atoms with E-state index in [2.05, 4.69) is 4.74 Å². The quantitative estimate of drug-likeness (QED) is 0.202. The van der Waals surface area contributed by atoms with E-state index >= 15 is 0 Å². The fourth-order valence-corrected chi connectivity index (χ4v) is 4.10. The van der Waals surface area contributed by atoms with Gasteiger partial charge in [-0.05, 0) is 74.6 Å². The summed E-state index contributed by atoms with van der Waals surface area (Å²) in [4.78, 5) is 0. The smallest absolute Gasteiger partial charge is 0.383 e. The Morgan fingerprint density at radius 3 is 2.18 bits per heavy atom. The highest BCUT2D eigenvalue weighted by atomic mass is 19.3. The predicted octanol–water partition coefficient (Wildman–Crippen LogP) is 8.38. The second-order valence-corrected chi connectivity index (χ2v) is 8.25. The van der Waals surface area contributed by atoms with Gasteiger partial charge in [-0.2, -0.15) is 17.6 Å². The number of benzene rings is 2. The lowest BCUT2D eigenvalue weighted by molar-refractivity contribution is -0.277. The molecule has 1 aliphatic rings. The van der Waals surface area contributed by atoms with Gasteiger partial charge in [-0.1, -0.05) is 36.4 Å². The zero-order valence-corrected chi connectivity index (χ0v) is 18.7. The van der Waals surface area contributed by atoms with Crippen LogP contribution in [0.4, 0.5) is 26.3 Å². The number of alkyl halides is 2. The molecule has 1 aliphatic carbocycles. The van der Waals surface area contributed by atoms with Crippen molar-refractivity contribution in [3.05, 3.63) is 89.2 Å². The lowest BCUT2D eigenvalue weighted by Crippen LogP contribution is -2.29. The number of hydrogen-bond acceptors (Lipinski definition) is 2. The highest BCUT2D eigenvalue weighted by Crippen LogP contribution is 2.40. The van der Waals surface area contributed by atoms with E-state index < -0.39 is 35.7 Å². The third kappa shape index (κ3) is 6.88. The van der Waals surface area contributed by atoms with E-state index in [4.69, 9.17) is 4.74 Å². The van der Waals surface area contributed by atoms with Crippen molar-refractivity contribution >= 4 is 0 Å². The van der Waals surface area contributed by atoms with Crippen molar-refractivity contribution in [3.8, 4) is 5.75 Å². The molecule has 3 rings (SSSR count). The first-order valence-electron chi connectivity index (χ1n) is 11.1. The van der Waals surface area contributed by atoms with Gasteiger partial charge in [0.25, 0.3) is 0 Å². The molecule has 0 N–H and O–H groups in total. The van der Waals surface area contributed by atoms with Crippen LogP contribution in [-0.2, 0) is 17.3 Å². The van der Waals surface area contributed by atoms with Crippen molar-refractivity contribution in [1.29, 1.82) is 0 Å². The number of allylic oxidation sites excluding steroid dienone is 2. The SMILES string of the molecule is CC=CCCc1ccc(C(F)(F)OC2CCC(c3cc(F)c(OC=C(F)F)c(F)c3)CC2)cc1. The van der Waals surface area contributed by atoms with Crippen LogP contribution in [0.25, 0.3) is 0 Å². The average molecular weight is 484 g/mol. The first-order valence-corrected chi connectivity index (χ1v) is 11.1. The average Bonchev–Trinajstić information content (AvgIpc) is 2.79. The van der Waals surface area contributed by atoms with Crippen LogP contribution in [0.5, 0.6) is 5.75 Å². The summed E-state index contributed by atoms with van der Waals surface area (Å²) in [6.07, 6.45) is 0.505. The van der Waals surface area contributed by atoms with Crippen LogP contribution in [0.1, 0.15) is 61.6 Å². The molecule has 2 aromatic rings. The van der Waals surface area contributed by atoms with E-state index in [9.17, 15) is 26.3 Å². The molecule has 0 unspecified atom stereocenters. The van der Waals surface area contributed by atoms with Crippen LogP contribution in [-0.4, -0.2) is 6.10 Å². The molecule has 0 spiro atoms. The molecule has 184 valence electrons. The summed E-state index contributed by atoms with van der Waals surface area (Å²) in [5, 5.41) is 0. The lowest BCUT2D eigenvalue weighted by Gasteiger charge is -2.31. The molecule has 2 nitrogen and oxygen atoms in total. The maximum Gasteiger partial charge on any atom is 0.383 e. The summed E-state index contributed by atoms with van der Waals surface area (Å²) < 4.78 is 91.3. The van der Waals surface area contributed by atoms with E-state index in [1.165, 1.54) is 12.1 Å². The van der Waals surface area contributed by atoms with Crippen LogP contribution in [0.2, 0.25) is 0 Å². The Morgan fingerprint density at radius 1 is 1.00 bits per heavy atom. The predicted molar refractivity (Wildman–Crippen MR) is 117 cm³/mol. The van der Waals surface area contributed by atoms with Gasteiger partial charge in [-0.25, -0.2) is 8.78 Å². The molecule has 0 atom stereocenters. The molecule has 0 saturated heterocycles.